The normalized spacial score (nSPS) is 10.1. The van der Waals surface area contributed by atoms with Gasteiger partial charge in [0.2, 0.25) is 0 Å². The standard InChI is InChI=1S/C15H11BrFNO4/c16-9-5-6-13(19)10(7-9)15(21)22-8-14(20)18-12-4-2-1-3-11(12)17/h1-7,19H,8H2,(H,18,20). The van der Waals surface area contributed by atoms with Crippen LogP contribution in [0.4, 0.5) is 10.1 Å². The van der Waals surface area contributed by atoms with Gasteiger partial charge in [-0.05, 0) is 30.3 Å². The highest BCUT2D eigenvalue weighted by atomic mass is 79.9. The summed E-state index contributed by atoms with van der Waals surface area (Å²) in [6.07, 6.45) is 0. The van der Waals surface area contributed by atoms with E-state index in [-0.39, 0.29) is 17.0 Å². The van der Waals surface area contributed by atoms with E-state index in [0.29, 0.717) is 4.47 Å². The van der Waals surface area contributed by atoms with Gasteiger partial charge in [-0.15, -0.1) is 0 Å². The lowest BCUT2D eigenvalue weighted by molar-refractivity contribution is -0.119. The van der Waals surface area contributed by atoms with Crippen LogP contribution in [0.15, 0.2) is 46.9 Å². The number of para-hydroxylation sites is 1. The zero-order chi connectivity index (χ0) is 16.1. The number of hydrogen-bond acceptors (Lipinski definition) is 4. The predicted octanol–water partition coefficient (Wildman–Crippen LogP) is 3.09. The number of aromatic hydroxyl groups is 1. The van der Waals surface area contributed by atoms with Crippen molar-refractivity contribution in [2.24, 2.45) is 0 Å². The maximum atomic E-state index is 13.4. The van der Waals surface area contributed by atoms with Crippen LogP contribution in [0.3, 0.4) is 0 Å². The van der Waals surface area contributed by atoms with Crippen LogP contribution in [0.1, 0.15) is 10.4 Å². The molecule has 0 radical (unpaired) electrons. The van der Waals surface area contributed by atoms with E-state index in [1.165, 1.54) is 30.3 Å². The van der Waals surface area contributed by atoms with Gasteiger partial charge in [-0.3, -0.25) is 4.79 Å². The Morgan fingerprint density at radius 2 is 1.95 bits per heavy atom. The second kappa shape index (κ2) is 7.04. The molecule has 22 heavy (non-hydrogen) atoms. The Hall–Kier alpha value is -2.41. The number of nitrogens with one attached hydrogen (secondary N) is 1. The van der Waals surface area contributed by atoms with Crippen molar-refractivity contribution >= 4 is 33.5 Å². The summed E-state index contributed by atoms with van der Waals surface area (Å²) >= 11 is 3.16. The average molecular weight is 368 g/mol. The van der Waals surface area contributed by atoms with Crippen molar-refractivity contribution in [1.82, 2.24) is 0 Å². The number of benzene rings is 2. The number of esters is 1. The Morgan fingerprint density at radius 3 is 2.68 bits per heavy atom. The summed E-state index contributed by atoms with van der Waals surface area (Å²) in [4.78, 5) is 23.4. The van der Waals surface area contributed by atoms with Crippen molar-refractivity contribution in [2.75, 3.05) is 11.9 Å². The molecule has 0 spiro atoms. The molecule has 2 rings (SSSR count). The minimum atomic E-state index is -0.859. The first-order chi connectivity index (χ1) is 10.5. The van der Waals surface area contributed by atoms with Gasteiger partial charge in [0.15, 0.2) is 6.61 Å². The summed E-state index contributed by atoms with van der Waals surface area (Å²) in [6, 6.07) is 9.87. The molecule has 7 heteroatoms. The molecule has 0 fully saturated rings. The minimum absolute atomic E-state index is 0.00569. The number of halogens is 2. The minimum Gasteiger partial charge on any atom is -0.507 e. The Balaban J connectivity index is 1.95. The number of amides is 1. The van der Waals surface area contributed by atoms with E-state index in [4.69, 9.17) is 4.74 Å². The second-order valence-electron chi connectivity index (χ2n) is 4.27. The van der Waals surface area contributed by atoms with Gasteiger partial charge in [0.25, 0.3) is 5.91 Å². The lowest BCUT2D eigenvalue weighted by Crippen LogP contribution is -2.21. The number of carbonyl (C=O) groups excluding carboxylic acids is 2. The number of rotatable bonds is 4. The Labute approximate surface area is 133 Å². The highest BCUT2D eigenvalue weighted by molar-refractivity contribution is 9.10. The first-order valence-corrected chi connectivity index (χ1v) is 6.96. The molecule has 5 nitrogen and oxygen atoms in total. The molecule has 0 aromatic heterocycles. The molecule has 0 aliphatic rings. The van der Waals surface area contributed by atoms with Crippen molar-refractivity contribution in [3.8, 4) is 5.75 Å². The number of anilines is 1. The molecule has 0 saturated heterocycles. The van der Waals surface area contributed by atoms with Crippen LogP contribution in [-0.4, -0.2) is 23.6 Å². The van der Waals surface area contributed by atoms with E-state index < -0.39 is 24.3 Å². The van der Waals surface area contributed by atoms with Gasteiger partial charge in [0.1, 0.15) is 17.1 Å². The summed E-state index contributed by atoms with van der Waals surface area (Å²) in [5, 5.41) is 11.9. The molecule has 2 aromatic carbocycles. The largest absolute Gasteiger partial charge is 0.507 e. The number of phenolic OH excluding ortho intramolecular Hbond substituents is 1. The fourth-order valence-corrected chi connectivity index (χ4v) is 1.99. The van der Waals surface area contributed by atoms with Crippen LogP contribution in [0.5, 0.6) is 5.75 Å². The van der Waals surface area contributed by atoms with Crippen molar-refractivity contribution in [2.45, 2.75) is 0 Å². The summed E-state index contributed by atoms with van der Waals surface area (Å²) < 4.78 is 18.7. The third kappa shape index (κ3) is 4.05. The maximum absolute atomic E-state index is 13.4. The SMILES string of the molecule is O=C(COC(=O)c1cc(Br)ccc1O)Nc1ccccc1F. The van der Waals surface area contributed by atoms with Crippen LogP contribution >= 0.6 is 15.9 Å². The van der Waals surface area contributed by atoms with Gasteiger partial charge in [-0.1, -0.05) is 28.1 Å². The van der Waals surface area contributed by atoms with E-state index in [0.717, 1.165) is 0 Å². The third-order valence-corrected chi connectivity index (χ3v) is 3.15. The molecule has 0 atom stereocenters. The lowest BCUT2D eigenvalue weighted by Gasteiger charge is -2.08. The van der Waals surface area contributed by atoms with Crippen molar-refractivity contribution in [3.63, 3.8) is 0 Å². The van der Waals surface area contributed by atoms with Crippen LogP contribution in [-0.2, 0) is 9.53 Å². The van der Waals surface area contributed by atoms with Crippen molar-refractivity contribution < 1.29 is 23.8 Å². The summed E-state index contributed by atoms with van der Waals surface area (Å²) in [5.74, 6) is -2.40. The monoisotopic (exact) mass is 367 g/mol. The molecule has 0 unspecified atom stereocenters. The van der Waals surface area contributed by atoms with E-state index in [2.05, 4.69) is 21.2 Å². The first kappa shape index (κ1) is 16.0. The fraction of sp³-hybridized carbons (Fsp3) is 0.0667. The zero-order valence-electron chi connectivity index (χ0n) is 11.2. The average Bonchev–Trinajstić information content (AvgIpc) is 2.49. The van der Waals surface area contributed by atoms with Crippen LogP contribution < -0.4 is 5.32 Å². The summed E-state index contributed by atoms with van der Waals surface area (Å²) in [7, 11) is 0. The maximum Gasteiger partial charge on any atom is 0.342 e. The molecular weight excluding hydrogens is 357 g/mol. The summed E-state index contributed by atoms with van der Waals surface area (Å²) in [6.45, 7) is -0.598. The fourth-order valence-electron chi connectivity index (χ4n) is 1.63. The van der Waals surface area contributed by atoms with Gasteiger partial charge < -0.3 is 15.2 Å². The Kier molecular flexibility index (Phi) is 5.11. The smallest absolute Gasteiger partial charge is 0.342 e. The number of hydrogen-bond donors (Lipinski definition) is 2. The van der Waals surface area contributed by atoms with Gasteiger partial charge in [0, 0.05) is 4.47 Å². The second-order valence-corrected chi connectivity index (χ2v) is 5.18. The van der Waals surface area contributed by atoms with Crippen LogP contribution in [0.25, 0.3) is 0 Å². The van der Waals surface area contributed by atoms with Crippen molar-refractivity contribution in [3.05, 3.63) is 58.3 Å². The van der Waals surface area contributed by atoms with E-state index in [9.17, 15) is 19.1 Å². The number of phenols is 1. The molecule has 0 bridgehead atoms. The first-order valence-electron chi connectivity index (χ1n) is 6.17. The third-order valence-electron chi connectivity index (χ3n) is 2.66. The van der Waals surface area contributed by atoms with Gasteiger partial charge in [-0.25, -0.2) is 9.18 Å². The molecule has 0 aliphatic carbocycles. The number of carbonyl (C=O) groups is 2. The van der Waals surface area contributed by atoms with Crippen molar-refractivity contribution in [1.29, 1.82) is 0 Å². The lowest BCUT2D eigenvalue weighted by atomic mass is 10.2. The molecule has 2 aromatic rings. The van der Waals surface area contributed by atoms with E-state index in [1.807, 2.05) is 0 Å². The van der Waals surface area contributed by atoms with E-state index in [1.54, 1.807) is 12.1 Å². The molecule has 0 saturated carbocycles. The highest BCUT2D eigenvalue weighted by Gasteiger charge is 2.15. The predicted molar refractivity (Wildman–Crippen MR) is 81.1 cm³/mol. The van der Waals surface area contributed by atoms with E-state index >= 15 is 0 Å². The van der Waals surface area contributed by atoms with Gasteiger partial charge in [-0.2, -0.15) is 0 Å². The van der Waals surface area contributed by atoms with Gasteiger partial charge >= 0.3 is 5.97 Å². The highest BCUT2D eigenvalue weighted by Crippen LogP contribution is 2.22. The topological polar surface area (TPSA) is 75.6 Å². The molecule has 0 aliphatic heterocycles. The molecule has 114 valence electrons. The zero-order valence-corrected chi connectivity index (χ0v) is 12.8. The molecule has 0 heterocycles. The van der Waals surface area contributed by atoms with Crippen LogP contribution in [0.2, 0.25) is 0 Å². The quantitative estimate of drug-likeness (QED) is 0.814. The molecule has 1 amide bonds. The number of ether oxygens (including phenoxy) is 1. The van der Waals surface area contributed by atoms with Crippen LogP contribution in [0, 0.1) is 5.82 Å². The van der Waals surface area contributed by atoms with Gasteiger partial charge in [0.05, 0.1) is 5.69 Å². The summed E-state index contributed by atoms with van der Waals surface area (Å²) in [5.41, 5.74) is -0.0816. The Morgan fingerprint density at radius 1 is 1.23 bits per heavy atom. The molecule has 2 N–H and O–H groups in total. The molecular formula is C15H11BrFNO4. The Bertz CT molecular complexity index is 720.